The average molecular weight is 323 g/mol. The van der Waals surface area contributed by atoms with Crippen LogP contribution in [0, 0.1) is 13.8 Å². The first kappa shape index (κ1) is 13.4. The van der Waals surface area contributed by atoms with Crippen LogP contribution in [-0.4, -0.2) is 4.98 Å². The van der Waals surface area contributed by atoms with Crippen molar-refractivity contribution in [2.45, 2.75) is 24.6 Å². The first-order chi connectivity index (χ1) is 8.59. The van der Waals surface area contributed by atoms with Crippen molar-refractivity contribution in [3.8, 4) is 0 Å². The van der Waals surface area contributed by atoms with Gasteiger partial charge < -0.3 is 5.73 Å². The molecule has 0 radical (unpaired) electrons. The second-order valence-electron chi connectivity index (χ2n) is 4.17. The highest BCUT2D eigenvalue weighted by Gasteiger charge is 2.08. The van der Waals surface area contributed by atoms with Crippen molar-refractivity contribution in [3.05, 3.63) is 51.6 Å². The highest BCUT2D eigenvalue weighted by Crippen LogP contribution is 2.33. The van der Waals surface area contributed by atoms with Crippen molar-refractivity contribution < 1.29 is 0 Å². The number of aryl methyl sites for hydroxylation is 1. The third kappa shape index (κ3) is 2.87. The topological polar surface area (TPSA) is 38.9 Å². The zero-order chi connectivity index (χ0) is 13.1. The zero-order valence-electron chi connectivity index (χ0n) is 10.4. The van der Waals surface area contributed by atoms with Crippen LogP contribution in [0.4, 0.5) is 5.69 Å². The Labute approximate surface area is 120 Å². The third-order valence-corrected chi connectivity index (χ3v) is 5.17. The molecule has 0 aliphatic carbocycles. The number of benzene rings is 1. The monoisotopic (exact) mass is 322 g/mol. The van der Waals surface area contributed by atoms with Gasteiger partial charge in [0.15, 0.2) is 0 Å². The van der Waals surface area contributed by atoms with E-state index < -0.39 is 0 Å². The predicted molar refractivity (Wildman–Crippen MR) is 81.8 cm³/mol. The van der Waals surface area contributed by atoms with Crippen LogP contribution in [0.5, 0.6) is 0 Å². The molecule has 2 nitrogen and oxygen atoms in total. The highest BCUT2D eigenvalue weighted by molar-refractivity contribution is 9.10. The lowest BCUT2D eigenvalue weighted by Crippen LogP contribution is -1.95. The van der Waals surface area contributed by atoms with E-state index in [0.29, 0.717) is 0 Å². The molecule has 2 N–H and O–H groups in total. The number of nitrogens with two attached hydrogens (primary N) is 1. The van der Waals surface area contributed by atoms with Crippen molar-refractivity contribution in [2.24, 2.45) is 0 Å². The Bertz CT molecular complexity index is 570. The van der Waals surface area contributed by atoms with Gasteiger partial charge in [-0.2, -0.15) is 0 Å². The van der Waals surface area contributed by atoms with E-state index in [1.54, 1.807) is 18.0 Å². The van der Waals surface area contributed by atoms with Crippen LogP contribution in [0.15, 0.2) is 40.0 Å². The van der Waals surface area contributed by atoms with Gasteiger partial charge in [0.05, 0.1) is 16.4 Å². The zero-order valence-corrected chi connectivity index (χ0v) is 12.8. The van der Waals surface area contributed by atoms with Gasteiger partial charge >= 0.3 is 0 Å². The van der Waals surface area contributed by atoms with E-state index in [0.717, 1.165) is 26.5 Å². The van der Waals surface area contributed by atoms with Crippen LogP contribution in [0.25, 0.3) is 0 Å². The Morgan fingerprint density at radius 3 is 2.72 bits per heavy atom. The van der Waals surface area contributed by atoms with E-state index in [1.807, 2.05) is 6.92 Å². The fraction of sp³-hybridized carbons (Fsp3) is 0.214. The molecule has 0 spiro atoms. The minimum absolute atomic E-state index is 0.724. The predicted octanol–water partition coefficient (Wildman–Crippen LogP) is 4.34. The molecule has 1 aromatic carbocycles. The minimum Gasteiger partial charge on any atom is -0.397 e. The van der Waals surface area contributed by atoms with Gasteiger partial charge in [-0.1, -0.05) is 24.3 Å². The summed E-state index contributed by atoms with van der Waals surface area (Å²) < 4.78 is 1.00. The molecule has 0 aliphatic rings. The average Bonchev–Trinajstić information content (AvgIpc) is 2.37. The maximum atomic E-state index is 5.82. The molecule has 2 aromatic rings. The van der Waals surface area contributed by atoms with Gasteiger partial charge in [-0.15, -0.1) is 11.8 Å². The van der Waals surface area contributed by atoms with Gasteiger partial charge in [0.2, 0.25) is 0 Å². The normalized spacial score (nSPS) is 10.6. The number of halogens is 1. The largest absolute Gasteiger partial charge is 0.397 e. The van der Waals surface area contributed by atoms with E-state index in [-0.39, 0.29) is 0 Å². The summed E-state index contributed by atoms with van der Waals surface area (Å²) in [5, 5.41) is 0.991. The van der Waals surface area contributed by atoms with Gasteiger partial charge in [-0.05, 0) is 46.5 Å². The van der Waals surface area contributed by atoms with Crippen LogP contribution < -0.4 is 5.73 Å². The number of thioether (sulfide) groups is 1. The summed E-state index contributed by atoms with van der Waals surface area (Å²) in [7, 11) is 0. The summed E-state index contributed by atoms with van der Waals surface area (Å²) in [6.45, 7) is 4.13. The molecule has 0 unspecified atom stereocenters. The molecule has 0 atom stereocenters. The number of pyridine rings is 1. The summed E-state index contributed by atoms with van der Waals surface area (Å²) in [5.41, 5.74) is 10.2. The molecule has 94 valence electrons. The van der Waals surface area contributed by atoms with E-state index in [9.17, 15) is 0 Å². The SMILES string of the molecule is Cc1ccccc1CSc1ncc(N)c(C)c1Br. The quantitative estimate of drug-likeness (QED) is 0.854. The van der Waals surface area contributed by atoms with Gasteiger partial charge in [-0.3, -0.25) is 0 Å². The van der Waals surface area contributed by atoms with Gasteiger partial charge in [-0.25, -0.2) is 4.98 Å². The molecule has 18 heavy (non-hydrogen) atoms. The van der Waals surface area contributed by atoms with Crippen molar-refractivity contribution in [3.63, 3.8) is 0 Å². The molecule has 1 heterocycles. The van der Waals surface area contributed by atoms with E-state index in [4.69, 9.17) is 5.73 Å². The lowest BCUT2D eigenvalue weighted by molar-refractivity contribution is 1.09. The Balaban J connectivity index is 2.17. The Morgan fingerprint density at radius 1 is 1.28 bits per heavy atom. The number of anilines is 1. The van der Waals surface area contributed by atoms with Crippen LogP contribution >= 0.6 is 27.7 Å². The number of hydrogen-bond acceptors (Lipinski definition) is 3. The Hall–Kier alpha value is -1.00. The molecular formula is C14H15BrN2S. The standard InChI is InChI=1S/C14H15BrN2S/c1-9-5-3-4-6-11(9)8-18-14-13(15)10(2)12(16)7-17-14/h3-7H,8,16H2,1-2H3. The summed E-state index contributed by atoms with van der Waals surface area (Å²) in [6.07, 6.45) is 1.72. The van der Waals surface area contributed by atoms with E-state index in [2.05, 4.69) is 52.1 Å². The Kier molecular flexibility index (Phi) is 4.30. The number of nitrogens with zero attached hydrogens (tertiary/aromatic N) is 1. The molecule has 4 heteroatoms. The second-order valence-corrected chi connectivity index (χ2v) is 5.93. The Morgan fingerprint density at radius 2 is 2.00 bits per heavy atom. The number of aromatic nitrogens is 1. The van der Waals surface area contributed by atoms with Crippen LogP contribution in [-0.2, 0) is 5.75 Å². The van der Waals surface area contributed by atoms with Gasteiger partial charge in [0, 0.05) is 5.75 Å². The van der Waals surface area contributed by atoms with Crippen molar-refractivity contribution in [2.75, 3.05) is 5.73 Å². The van der Waals surface area contributed by atoms with Gasteiger partial charge in [0.25, 0.3) is 0 Å². The summed E-state index contributed by atoms with van der Waals surface area (Å²) in [6, 6.07) is 8.41. The maximum absolute atomic E-state index is 5.82. The maximum Gasteiger partial charge on any atom is 0.111 e. The highest BCUT2D eigenvalue weighted by atomic mass is 79.9. The minimum atomic E-state index is 0.724. The van der Waals surface area contributed by atoms with E-state index >= 15 is 0 Å². The van der Waals surface area contributed by atoms with Crippen LogP contribution in [0.2, 0.25) is 0 Å². The first-order valence-electron chi connectivity index (χ1n) is 5.67. The molecule has 2 rings (SSSR count). The summed E-state index contributed by atoms with van der Waals surface area (Å²) in [5.74, 6) is 0.918. The smallest absolute Gasteiger partial charge is 0.111 e. The number of hydrogen-bond donors (Lipinski definition) is 1. The fourth-order valence-corrected chi connectivity index (χ4v) is 3.29. The first-order valence-corrected chi connectivity index (χ1v) is 7.45. The molecule has 1 aromatic heterocycles. The molecule has 0 saturated carbocycles. The summed E-state index contributed by atoms with van der Waals surface area (Å²) >= 11 is 5.28. The molecule has 0 saturated heterocycles. The lowest BCUT2D eigenvalue weighted by Gasteiger charge is -2.09. The fourth-order valence-electron chi connectivity index (χ4n) is 1.59. The van der Waals surface area contributed by atoms with E-state index in [1.165, 1.54) is 11.1 Å². The third-order valence-electron chi connectivity index (χ3n) is 2.90. The summed E-state index contributed by atoms with van der Waals surface area (Å²) in [4.78, 5) is 4.37. The lowest BCUT2D eigenvalue weighted by atomic mass is 10.1. The van der Waals surface area contributed by atoms with Crippen molar-refractivity contribution >= 4 is 33.4 Å². The number of rotatable bonds is 3. The molecule has 0 amide bonds. The van der Waals surface area contributed by atoms with Gasteiger partial charge in [0.1, 0.15) is 5.03 Å². The number of nitrogen functional groups attached to an aromatic ring is 1. The molecule has 0 aliphatic heterocycles. The van der Waals surface area contributed by atoms with Crippen molar-refractivity contribution in [1.29, 1.82) is 0 Å². The second kappa shape index (κ2) is 5.76. The molecule has 0 bridgehead atoms. The van der Waals surface area contributed by atoms with Crippen LogP contribution in [0.1, 0.15) is 16.7 Å². The van der Waals surface area contributed by atoms with Crippen molar-refractivity contribution in [1.82, 2.24) is 4.98 Å². The molecule has 0 fully saturated rings. The molecular weight excluding hydrogens is 308 g/mol. The van der Waals surface area contributed by atoms with Crippen LogP contribution in [0.3, 0.4) is 0 Å².